The van der Waals surface area contributed by atoms with Gasteiger partial charge in [0.05, 0.1) is 7.11 Å². The summed E-state index contributed by atoms with van der Waals surface area (Å²) in [4.78, 5) is 0. The second-order valence-corrected chi connectivity index (χ2v) is 4.68. The molecule has 0 saturated carbocycles. The van der Waals surface area contributed by atoms with E-state index in [4.69, 9.17) is 9.47 Å². The minimum Gasteiger partial charge on any atom is -0.497 e. The molecule has 3 nitrogen and oxygen atoms in total. The molecule has 1 unspecified atom stereocenters. The molecular formula is C16H27NO2. The van der Waals surface area contributed by atoms with E-state index in [1.165, 1.54) is 5.56 Å². The molecule has 1 rings (SSSR count). The molecular weight excluding hydrogens is 238 g/mol. The lowest BCUT2D eigenvalue weighted by Gasteiger charge is -2.19. The maximum Gasteiger partial charge on any atom is 0.119 e. The van der Waals surface area contributed by atoms with Crippen molar-refractivity contribution >= 4 is 0 Å². The van der Waals surface area contributed by atoms with E-state index < -0.39 is 0 Å². The lowest BCUT2D eigenvalue weighted by molar-refractivity contribution is 0.124. The number of ether oxygens (including phenoxy) is 2. The third kappa shape index (κ3) is 6.08. The second-order valence-electron chi connectivity index (χ2n) is 4.68. The van der Waals surface area contributed by atoms with Crippen LogP contribution < -0.4 is 10.1 Å². The fourth-order valence-electron chi connectivity index (χ4n) is 2.01. The highest BCUT2D eigenvalue weighted by atomic mass is 16.5. The summed E-state index contributed by atoms with van der Waals surface area (Å²) in [5, 5.41) is 3.58. The molecule has 0 aliphatic carbocycles. The van der Waals surface area contributed by atoms with E-state index in [1.54, 1.807) is 7.11 Å². The molecule has 0 amide bonds. The highest BCUT2D eigenvalue weighted by molar-refractivity contribution is 5.30. The Labute approximate surface area is 117 Å². The van der Waals surface area contributed by atoms with E-state index in [2.05, 4.69) is 31.3 Å². The zero-order valence-corrected chi connectivity index (χ0v) is 12.4. The summed E-state index contributed by atoms with van der Waals surface area (Å²) < 4.78 is 10.9. The first-order valence-corrected chi connectivity index (χ1v) is 7.26. The van der Waals surface area contributed by atoms with Gasteiger partial charge in [0.2, 0.25) is 0 Å². The molecule has 1 aromatic carbocycles. The van der Waals surface area contributed by atoms with Crippen LogP contribution in [0.2, 0.25) is 0 Å². The summed E-state index contributed by atoms with van der Waals surface area (Å²) in [5.74, 6) is 0.912. The van der Waals surface area contributed by atoms with Crippen molar-refractivity contribution in [3.63, 3.8) is 0 Å². The Hall–Kier alpha value is -1.06. The van der Waals surface area contributed by atoms with E-state index in [-0.39, 0.29) is 0 Å². The molecule has 0 radical (unpaired) electrons. The molecule has 1 aromatic rings. The van der Waals surface area contributed by atoms with Crippen molar-refractivity contribution in [1.82, 2.24) is 5.32 Å². The smallest absolute Gasteiger partial charge is 0.119 e. The van der Waals surface area contributed by atoms with Crippen molar-refractivity contribution in [2.45, 2.75) is 39.2 Å². The molecule has 0 fully saturated rings. The molecule has 0 aliphatic rings. The number of methoxy groups -OCH3 is 1. The lowest BCUT2D eigenvalue weighted by Crippen LogP contribution is -2.23. The summed E-state index contributed by atoms with van der Waals surface area (Å²) in [7, 11) is 1.71. The summed E-state index contributed by atoms with van der Waals surface area (Å²) in [6.07, 6.45) is 3.20. The van der Waals surface area contributed by atoms with Crippen LogP contribution >= 0.6 is 0 Å². The minimum atomic E-state index is 0.340. The SMILES string of the molecule is CCCNC(CCOCCC)c1cccc(OC)c1. The normalized spacial score (nSPS) is 12.4. The van der Waals surface area contributed by atoms with Crippen LogP contribution in [0.4, 0.5) is 0 Å². The average Bonchev–Trinajstić information content (AvgIpc) is 2.46. The van der Waals surface area contributed by atoms with Gasteiger partial charge >= 0.3 is 0 Å². The van der Waals surface area contributed by atoms with E-state index in [9.17, 15) is 0 Å². The summed E-state index contributed by atoms with van der Waals surface area (Å²) in [6, 6.07) is 8.62. The van der Waals surface area contributed by atoms with Crippen LogP contribution in [0.5, 0.6) is 5.75 Å². The van der Waals surface area contributed by atoms with Gasteiger partial charge in [-0.25, -0.2) is 0 Å². The van der Waals surface area contributed by atoms with Gasteiger partial charge in [-0.15, -0.1) is 0 Å². The monoisotopic (exact) mass is 265 g/mol. The van der Waals surface area contributed by atoms with Crippen molar-refractivity contribution in [2.75, 3.05) is 26.9 Å². The maximum atomic E-state index is 5.60. The highest BCUT2D eigenvalue weighted by Crippen LogP contribution is 2.21. The molecule has 1 atom stereocenters. The molecule has 0 aromatic heterocycles. The molecule has 0 spiro atoms. The van der Waals surface area contributed by atoms with Crippen LogP contribution in [-0.4, -0.2) is 26.9 Å². The molecule has 0 saturated heterocycles. The van der Waals surface area contributed by atoms with Crippen LogP contribution in [0.3, 0.4) is 0 Å². The topological polar surface area (TPSA) is 30.5 Å². The largest absolute Gasteiger partial charge is 0.497 e. The van der Waals surface area contributed by atoms with Gasteiger partial charge in [0.1, 0.15) is 5.75 Å². The van der Waals surface area contributed by atoms with Crippen molar-refractivity contribution in [3.05, 3.63) is 29.8 Å². The zero-order valence-electron chi connectivity index (χ0n) is 12.4. The van der Waals surface area contributed by atoms with E-state index in [0.29, 0.717) is 6.04 Å². The Bertz CT molecular complexity index is 341. The van der Waals surface area contributed by atoms with Crippen LogP contribution in [0.1, 0.15) is 44.7 Å². The van der Waals surface area contributed by atoms with Crippen molar-refractivity contribution in [1.29, 1.82) is 0 Å². The third-order valence-corrected chi connectivity index (χ3v) is 3.04. The Balaban J connectivity index is 2.60. The Morgan fingerprint density at radius 3 is 2.68 bits per heavy atom. The molecule has 0 bridgehead atoms. The number of hydrogen-bond acceptors (Lipinski definition) is 3. The number of hydrogen-bond donors (Lipinski definition) is 1. The standard InChI is InChI=1S/C16H27NO2/c1-4-10-17-16(9-12-19-11-5-2)14-7-6-8-15(13-14)18-3/h6-8,13,16-17H,4-5,9-12H2,1-3H3. The Kier molecular flexibility index (Phi) is 8.26. The van der Waals surface area contributed by atoms with E-state index in [1.807, 2.05) is 12.1 Å². The summed E-state index contributed by atoms with van der Waals surface area (Å²) >= 11 is 0. The van der Waals surface area contributed by atoms with Crippen molar-refractivity contribution < 1.29 is 9.47 Å². The van der Waals surface area contributed by atoms with Crippen molar-refractivity contribution in [3.8, 4) is 5.75 Å². The van der Waals surface area contributed by atoms with Crippen LogP contribution in [0.25, 0.3) is 0 Å². The first kappa shape index (κ1) is 16.0. The van der Waals surface area contributed by atoms with Crippen LogP contribution in [0.15, 0.2) is 24.3 Å². The van der Waals surface area contributed by atoms with Crippen molar-refractivity contribution in [2.24, 2.45) is 0 Å². The summed E-state index contributed by atoms with van der Waals surface area (Å²) in [6.45, 7) is 6.98. The first-order chi connectivity index (χ1) is 9.31. The molecule has 0 aliphatic heterocycles. The number of nitrogens with one attached hydrogen (secondary N) is 1. The summed E-state index contributed by atoms with van der Waals surface area (Å²) in [5.41, 5.74) is 1.27. The van der Waals surface area contributed by atoms with Gasteiger partial charge in [0.15, 0.2) is 0 Å². The average molecular weight is 265 g/mol. The van der Waals surface area contributed by atoms with Gasteiger partial charge in [0.25, 0.3) is 0 Å². The second kappa shape index (κ2) is 9.82. The highest BCUT2D eigenvalue weighted by Gasteiger charge is 2.11. The third-order valence-electron chi connectivity index (χ3n) is 3.04. The molecule has 3 heteroatoms. The van der Waals surface area contributed by atoms with Crippen LogP contribution in [-0.2, 0) is 4.74 Å². The molecule has 1 N–H and O–H groups in total. The van der Waals surface area contributed by atoms with Crippen LogP contribution in [0, 0.1) is 0 Å². The fourth-order valence-corrected chi connectivity index (χ4v) is 2.01. The molecule has 0 heterocycles. The first-order valence-electron chi connectivity index (χ1n) is 7.26. The minimum absolute atomic E-state index is 0.340. The predicted octanol–water partition coefficient (Wildman–Crippen LogP) is 3.55. The number of rotatable bonds is 10. The lowest BCUT2D eigenvalue weighted by atomic mass is 10.0. The fraction of sp³-hybridized carbons (Fsp3) is 0.625. The van der Waals surface area contributed by atoms with Gasteiger partial charge in [-0.1, -0.05) is 26.0 Å². The van der Waals surface area contributed by atoms with Gasteiger partial charge in [0, 0.05) is 19.3 Å². The van der Waals surface area contributed by atoms with Gasteiger partial charge in [-0.05, 0) is 43.5 Å². The maximum absolute atomic E-state index is 5.60. The molecule has 108 valence electrons. The Morgan fingerprint density at radius 1 is 1.16 bits per heavy atom. The number of benzene rings is 1. The van der Waals surface area contributed by atoms with Gasteiger partial charge < -0.3 is 14.8 Å². The van der Waals surface area contributed by atoms with E-state index in [0.717, 1.165) is 44.8 Å². The molecule has 19 heavy (non-hydrogen) atoms. The van der Waals surface area contributed by atoms with E-state index >= 15 is 0 Å². The quantitative estimate of drug-likeness (QED) is 0.656. The van der Waals surface area contributed by atoms with Gasteiger partial charge in [-0.2, -0.15) is 0 Å². The Morgan fingerprint density at radius 2 is 2.00 bits per heavy atom. The predicted molar refractivity (Wildman–Crippen MR) is 79.8 cm³/mol. The zero-order chi connectivity index (χ0) is 13.9. The van der Waals surface area contributed by atoms with Gasteiger partial charge in [-0.3, -0.25) is 0 Å².